The van der Waals surface area contributed by atoms with Gasteiger partial charge in [0.2, 0.25) is 5.91 Å². The zero-order valence-electron chi connectivity index (χ0n) is 37.6. The first-order valence-electron chi connectivity index (χ1n) is 25.0. The molecule has 332 valence electrons. The SMILES string of the molecule is CCCCCCCCCCCCCC/C=C/C(O)C(CO)NC(=O)CCCCCCCCCCCOC(=O)CCCCCCCCCCCCCCCCCC. The van der Waals surface area contributed by atoms with Gasteiger partial charge in [-0.1, -0.05) is 238 Å². The van der Waals surface area contributed by atoms with Gasteiger partial charge in [0.05, 0.1) is 25.4 Å². The molecule has 3 N–H and O–H groups in total. The van der Waals surface area contributed by atoms with Crippen LogP contribution in [0.4, 0.5) is 0 Å². The molecule has 0 radical (unpaired) electrons. The van der Waals surface area contributed by atoms with Crippen LogP contribution in [0.25, 0.3) is 0 Å². The zero-order valence-corrected chi connectivity index (χ0v) is 37.6. The molecule has 0 saturated heterocycles. The summed E-state index contributed by atoms with van der Waals surface area (Å²) in [7, 11) is 0. The molecule has 0 aromatic carbocycles. The van der Waals surface area contributed by atoms with Crippen molar-refractivity contribution in [2.45, 2.75) is 283 Å². The van der Waals surface area contributed by atoms with Crippen LogP contribution in [0.5, 0.6) is 0 Å². The highest BCUT2D eigenvalue weighted by Crippen LogP contribution is 2.16. The molecule has 0 aliphatic rings. The number of allylic oxidation sites excluding steroid dienone is 1. The number of aliphatic hydroxyl groups is 2. The fourth-order valence-corrected chi connectivity index (χ4v) is 7.69. The van der Waals surface area contributed by atoms with E-state index in [0.29, 0.717) is 19.4 Å². The fourth-order valence-electron chi connectivity index (χ4n) is 7.69. The van der Waals surface area contributed by atoms with Gasteiger partial charge in [-0.2, -0.15) is 0 Å². The molecule has 0 bridgehead atoms. The molecular formula is C50H97NO5. The van der Waals surface area contributed by atoms with Crippen LogP contribution in [0.3, 0.4) is 0 Å². The molecule has 0 fully saturated rings. The maximum absolute atomic E-state index is 12.4. The van der Waals surface area contributed by atoms with Gasteiger partial charge in [0.15, 0.2) is 0 Å². The van der Waals surface area contributed by atoms with Crippen LogP contribution in [0.1, 0.15) is 271 Å². The van der Waals surface area contributed by atoms with Crippen LogP contribution < -0.4 is 5.32 Å². The van der Waals surface area contributed by atoms with Crippen LogP contribution in [0.15, 0.2) is 12.2 Å². The standard InChI is InChI=1S/C50H97NO5/c1-3-5-7-9-11-13-15-17-19-20-22-24-28-32-36-40-44-50(55)56-45-41-37-33-29-25-27-31-35-39-43-49(54)51-47(46-52)48(53)42-38-34-30-26-23-21-18-16-14-12-10-8-6-4-2/h38,42,47-48,52-53H,3-37,39-41,43-46H2,1-2H3,(H,51,54)/b42-38+. The van der Waals surface area contributed by atoms with Crippen molar-refractivity contribution < 1.29 is 24.5 Å². The van der Waals surface area contributed by atoms with Gasteiger partial charge in [0, 0.05) is 12.8 Å². The predicted molar refractivity (Wildman–Crippen MR) is 241 cm³/mol. The number of aliphatic hydroxyl groups excluding tert-OH is 2. The molecule has 2 unspecified atom stereocenters. The van der Waals surface area contributed by atoms with E-state index >= 15 is 0 Å². The number of hydrogen-bond donors (Lipinski definition) is 3. The second-order valence-corrected chi connectivity index (χ2v) is 17.2. The third kappa shape index (κ3) is 42.2. The smallest absolute Gasteiger partial charge is 0.305 e. The molecule has 0 aromatic heterocycles. The normalized spacial score (nSPS) is 12.7. The van der Waals surface area contributed by atoms with Gasteiger partial charge in [-0.25, -0.2) is 0 Å². The summed E-state index contributed by atoms with van der Waals surface area (Å²) in [5.41, 5.74) is 0. The topological polar surface area (TPSA) is 95.9 Å². The number of rotatable bonds is 46. The Morgan fingerprint density at radius 1 is 0.482 bits per heavy atom. The van der Waals surface area contributed by atoms with Crippen LogP contribution in [-0.2, 0) is 14.3 Å². The molecule has 0 aromatic rings. The lowest BCUT2D eigenvalue weighted by Crippen LogP contribution is -2.45. The average molecular weight is 792 g/mol. The van der Waals surface area contributed by atoms with Crippen molar-refractivity contribution in [1.82, 2.24) is 5.32 Å². The van der Waals surface area contributed by atoms with Gasteiger partial charge in [-0.15, -0.1) is 0 Å². The summed E-state index contributed by atoms with van der Waals surface area (Å²) in [4.78, 5) is 24.4. The summed E-state index contributed by atoms with van der Waals surface area (Å²) in [5.74, 6) is -0.118. The molecule has 0 heterocycles. The van der Waals surface area contributed by atoms with E-state index < -0.39 is 12.1 Å². The second kappa shape index (κ2) is 46.3. The molecule has 6 heteroatoms. The molecule has 0 rings (SSSR count). The van der Waals surface area contributed by atoms with Crippen molar-refractivity contribution in [3.8, 4) is 0 Å². The van der Waals surface area contributed by atoms with Gasteiger partial charge in [0.1, 0.15) is 0 Å². The third-order valence-electron chi connectivity index (χ3n) is 11.6. The summed E-state index contributed by atoms with van der Waals surface area (Å²) in [6.07, 6.45) is 52.0. The Labute approximate surface area is 349 Å². The minimum Gasteiger partial charge on any atom is -0.466 e. The summed E-state index contributed by atoms with van der Waals surface area (Å²) in [6, 6.07) is -0.645. The van der Waals surface area contributed by atoms with E-state index in [4.69, 9.17) is 4.74 Å². The number of hydrogen-bond acceptors (Lipinski definition) is 5. The van der Waals surface area contributed by atoms with Crippen molar-refractivity contribution in [1.29, 1.82) is 0 Å². The van der Waals surface area contributed by atoms with Crippen molar-refractivity contribution >= 4 is 11.9 Å². The zero-order chi connectivity index (χ0) is 40.8. The van der Waals surface area contributed by atoms with E-state index in [0.717, 1.165) is 57.8 Å². The molecule has 1 amide bonds. The minimum atomic E-state index is -0.859. The fraction of sp³-hybridized carbons (Fsp3) is 0.920. The Hall–Kier alpha value is -1.40. The lowest BCUT2D eigenvalue weighted by Gasteiger charge is -2.20. The molecule has 0 aliphatic carbocycles. The van der Waals surface area contributed by atoms with E-state index in [2.05, 4.69) is 19.2 Å². The van der Waals surface area contributed by atoms with Gasteiger partial charge >= 0.3 is 5.97 Å². The van der Waals surface area contributed by atoms with Crippen LogP contribution in [0.2, 0.25) is 0 Å². The molecule has 2 atom stereocenters. The Morgan fingerprint density at radius 3 is 1.21 bits per heavy atom. The molecule has 0 spiro atoms. The van der Waals surface area contributed by atoms with E-state index in [1.807, 2.05) is 6.08 Å². The van der Waals surface area contributed by atoms with Gasteiger partial charge in [0.25, 0.3) is 0 Å². The average Bonchev–Trinajstić information content (AvgIpc) is 3.20. The van der Waals surface area contributed by atoms with Gasteiger partial charge < -0.3 is 20.3 Å². The quantitative estimate of drug-likeness (QED) is 0.0324. The Bertz CT molecular complexity index is 832. The largest absolute Gasteiger partial charge is 0.466 e. The molecule has 0 aliphatic heterocycles. The number of amides is 1. The Kier molecular flexibility index (Phi) is 45.1. The monoisotopic (exact) mass is 792 g/mol. The van der Waals surface area contributed by atoms with Crippen molar-refractivity contribution in [3.05, 3.63) is 12.2 Å². The van der Waals surface area contributed by atoms with Crippen molar-refractivity contribution in [2.75, 3.05) is 13.2 Å². The van der Waals surface area contributed by atoms with Crippen LogP contribution in [-0.4, -0.2) is 47.4 Å². The van der Waals surface area contributed by atoms with Crippen LogP contribution in [0, 0.1) is 0 Å². The van der Waals surface area contributed by atoms with E-state index in [1.165, 1.54) is 186 Å². The second-order valence-electron chi connectivity index (χ2n) is 17.2. The highest BCUT2D eigenvalue weighted by molar-refractivity contribution is 5.76. The number of carbonyl (C=O) groups excluding carboxylic acids is 2. The minimum absolute atomic E-state index is 0.0239. The van der Waals surface area contributed by atoms with E-state index in [-0.39, 0.29) is 18.5 Å². The summed E-state index contributed by atoms with van der Waals surface area (Å²) in [5, 5.41) is 23.0. The predicted octanol–water partition coefficient (Wildman–Crippen LogP) is 14.6. The lowest BCUT2D eigenvalue weighted by atomic mass is 10.0. The summed E-state index contributed by atoms with van der Waals surface area (Å²) in [6.45, 7) is 4.84. The van der Waals surface area contributed by atoms with Gasteiger partial charge in [-0.05, 0) is 32.1 Å². The number of esters is 1. The number of nitrogens with one attached hydrogen (secondary N) is 1. The third-order valence-corrected chi connectivity index (χ3v) is 11.6. The van der Waals surface area contributed by atoms with E-state index in [1.54, 1.807) is 6.08 Å². The molecule has 0 saturated carbocycles. The number of carbonyl (C=O) groups is 2. The van der Waals surface area contributed by atoms with Crippen molar-refractivity contribution in [2.24, 2.45) is 0 Å². The Morgan fingerprint density at radius 2 is 0.821 bits per heavy atom. The highest BCUT2D eigenvalue weighted by atomic mass is 16.5. The first-order valence-corrected chi connectivity index (χ1v) is 25.0. The van der Waals surface area contributed by atoms with Crippen LogP contribution >= 0.6 is 0 Å². The van der Waals surface area contributed by atoms with Crippen molar-refractivity contribution in [3.63, 3.8) is 0 Å². The molecule has 6 nitrogen and oxygen atoms in total. The number of unbranched alkanes of at least 4 members (excludes halogenated alkanes) is 35. The highest BCUT2D eigenvalue weighted by Gasteiger charge is 2.18. The van der Waals surface area contributed by atoms with E-state index in [9.17, 15) is 19.8 Å². The maximum atomic E-state index is 12.4. The summed E-state index contributed by atoms with van der Waals surface area (Å²) >= 11 is 0. The first-order chi connectivity index (χ1) is 27.5. The Balaban J connectivity index is 3.50. The maximum Gasteiger partial charge on any atom is 0.305 e. The van der Waals surface area contributed by atoms with Gasteiger partial charge in [-0.3, -0.25) is 9.59 Å². The lowest BCUT2D eigenvalue weighted by molar-refractivity contribution is -0.143. The first kappa shape index (κ1) is 54.6. The number of ether oxygens (including phenoxy) is 1. The summed E-state index contributed by atoms with van der Waals surface area (Å²) < 4.78 is 5.45. The molecule has 56 heavy (non-hydrogen) atoms. The molecular weight excluding hydrogens is 695 g/mol.